The fourth-order valence-corrected chi connectivity index (χ4v) is 4.03. The van der Waals surface area contributed by atoms with Crippen molar-refractivity contribution in [1.29, 1.82) is 5.26 Å². The van der Waals surface area contributed by atoms with E-state index in [1.807, 2.05) is 12.1 Å². The van der Waals surface area contributed by atoms with Crippen LogP contribution in [0.15, 0.2) is 53.4 Å². The number of sulfonamides is 1. The first-order chi connectivity index (χ1) is 11.0. The number of hydrogen-bond acceptors (Lipinski definition) is 4. The lowest BCUT2D eigenvalue weighted by molar-refractivity contribution is 0.559. The van der Waals surface area contributed by atoms with Crippen LogP contribution in [0.2, 0.25) is 0 Å². The van der Waals surface area contributed by atoms with Crippen molar-refractivity contribution >= 4 is 21.8 Å². The van der Waals surface area contributed by atoms with Gasteiger partial charge in [0, 0.05) is 18.1 Å². The molecule has 120 valence electrons. The van der Waals surface area contributed by atoms with Gasteiger partial charge in [0.1, 0.15) is 10.7 Å². The smallest absolute Gasteiger partial charge is 0.210 e. The highest BCUT2D eigenvalue weighted by Crippen LogP contribution is 2.16. The number of benzene rings is 2. The minimum atomic E-state index is -3.84. The van der Waals surface area contributed by atoms with E-state index < -0.39 is 15.8 Å². The summed E-state index contributed by atoms with van der Waals surface area (Å²) in [5, 5.41) is 8.99. The molecule has 0 atom stereocenters. The highest BCUT2D eigenvalue weighted by atomic mass is 32.2. The summed E-state index contributed by atoms with van der Waals surface area (Å²) in [5.41, 5.74) is 1.53. The predicted molar refractivity (Wildman–Crippen MR) is 88.9 cm³/mol. The van der Waals surface area contributed by atoms with Gasteiger partial charge in [-0.2, -0.15) is 17.0 Å². The van der Waals surface area contributed by atoms with Gasteiger partial charge in [-0.25, -0.2) is 17.5 Å². The SMILES string of the molecule is N#Cc1ccccc1CSCCNS(=O)(=O)c1ccccc1F. The van der Waals surface area contributed by atoms with Crippen LogP contribution in [0, 0.1) is 17.1 Å². The fraction of sp³-hybridized carbons (Fsp3) is 0.188. The molecule has 0 aromatic heterocycles. The van der Waals surface area contributed by atoms with Crippen molar-refractivity contribution in [3.63, 3.8) is 0 Å². The van der Waals surface area contributed by atoms with Gasteiger partial charge in [-0.05, 0) is 23.8 Å². The molecule has 0 heterocycles. The molecule has 0 bridgehead atoms. The second-order valence-corrected chi connectivity index (χ2v) is 7.49. The number of hydrogen-bond donors (Lipinski definition) is 1. The van der Waals surface area contributed by atoms with Crippen molar-refractivity contribution in [2.24, 2.45) is 0 Å². The summed E-state index contributed by atoms with van der Waals surface area (Å²) >= 11 is 1.50. The zero-order chi connectivity index (χ0) is 16.7. The Kier molecular flexibility index (Phi) is 6.16. The minimum Gasteiger partial charge on any atom is -0.210 e. The maximum absolute atomic E-state index is 13.5. The van der Waals surface area contributed by atoms with E-state index in [0.29, 0.717) is 17.1 Å². The molecular weight excluding hydrogens is 335 g/mol. The lowest BCUT2D eigenvalue weighted by atomic mass is 10.1. The average molecular weight is 350 g/mol. The van der Waals surface area contributed by atoms with E-state index in [-0.39, 0.29) is 11.4 Å². The molecule has 0 saturated heterocycles. The van der Waals surface area contributed by atoms with E-state index in [2.05, 4.69) is 10.8 Å². The third-order valence-electron chi connectivity index (χ3n) is 3.06. The quantitative estimate of drug-likeness (QED) is 0.780. The summed E-state index contributed by atoms with van der Waals surface area (Å²) in [6, 6.07) is 14.7. The van der Waals surface area contributed by atoms with E-state index in [1.54, 1.807) is 12.1 Å². The van der Waals surface area contributed by atoms with Gasteiger partial charge in [0.05, 0.1) is 11.6 Å². The zero-order valence-corrected chi connectivity index (χ0v) is 13.8. The minimum absolute atomic E-state index is 0.191. The van der Waals surface area contributed by atoms with Crippen molar-refractivity contribution in [2.45, 2.75) is 10.6 Å². The Hall–Kier alpha value is -1.88. The Labute approximate surface area is 139 Å². The topological polar surface area (TPSA) is 70.0 Å². The number of nitriles is 1. The number of halogens is 1. The molecule has 0 saturated carbocycles. The molecule has 0 aliphatic rings. The Bertz CT molecular complexity index is 817. The molecule has 0 fully saturated rings. The Morgan fingerprint density at radius 3 is 2.57 bits per heavy atom. The van der Waals surface area contributed by atoms with Gasteiger partial charge in [0.25, 0.3) is 0 Å². The molecule has 2 aromatic rings. The summed E-state index contributed by atoms with van der Waals surface area (Å²) in [7, 11) is -3.84. The maximum Gasteiger partial charge on any atom is 0.243 e. The molecule has 1 N–H and O–H groups in total. The van der Waals surface area contributed by atoms with Crippen LogP contribution in [0.3, 0.4) is 0 Å². The molecule has 0 unspecified atom stereocenters. The molecule has 2 aromatic carbocycles. The van der Waals surface area contributed by atoms with Gasteiger partial charge >= 0.3 is 0 Å². The lowest BCUT2D eigenvalue weighted by Crippen LogP contribution is -2.26. The number of rotatable bonds is 7. The van der Waals surface area contributed by atoms with Crippen LogP contribution in [0.1, 0.15) is 11.1 Å². The van der Waals surface area contributed by atoms with E-state index >= 15 is 0 Å². The molecule has 2 rings (SSSR count). The third-order valence-corrected chi connectivity index (χ3v) is 5.56. The van der Waals surface area contributed by atoms with Crippen LogP contribution in [0.4, 0.5) is 4.39 Å². The van der Waals surface area contributed by atoms with Crippen molar-refractivity contribution in [1.82, 2.24) is 4.72 Å². The summed E-state index contributed by atoms with van der Waals surface area (Å²) in [5.74, 6) is 0.370. The second kappa shape index (κ2) is 8.11. The summed E-state index contributed by atoms with van der Waals surface area (Å²) < 4.78 is 39.9. The average Bonchev–Trinajstić information content (AvgIpc) is 2.55. The van der Waals surface area contributed by atoms with Crippen LogP contribution in [-0.4, -0.2) is 20.7 Å². The molecule has 4 nitrogen and oxygen atoms in total. The van der Waals surface area contributed by atoms with Gasteiger partial charge in [-0.1, -0.05) is 30.3 Å². The van der Waals surface area contributed by atoms with Gasteiger partial charge in [0.2, 0.25) is 10.0 Å². The summed E-state index contributed by atoms with van der Waals surface area (Å²) in [4.78, 5) is -0.347. The largest absolute Gasteiger partial charge is 0.243 e. The molecule has 0 aliphatic carbocycles. The Balaban J connectivity index is 1.84. The predicted octanol–water partition coefficient (Wildman–Crippen LogP) is 2.91. The number of thioether (sulfide) groups is 1. The van der Waals surface area contributed by atoms with Gasteiger partial charge in [-0.15, -0.1) is 0 Å². The van der Waals surface area contributed by atoms with Crippen LogP contribution in [-0.2, 0) is 15.8 Å². The van der Waals surface area contributed by atoms with Crippen LogP contribution in [0.25, 0.3) is 0 Å². The van der Waals surface area contributed by atoms with E-state index in [9.17, 15) is 12.8 Å². The van der Waals surface area contributed by atoms with Crippen LogP contribution in [0.5, 0.6) is 0 Å². The van der Waals surface area contributed by atoms with Crippen LogP contribution < -0.4 is 4.72 Å². The fourth-order valence-electron chi connectivity index (χ4n) is 1.93. The number of nitrogens with zero attached hydrogens (tertiary/aromatic N) is 1. The summed E-state index contributed by atoms with van der Waals surface area (Å²) in [6.45, 7) is 0.191. The third kappa shape index (κ3) is 4.79. The van der Waals surface area contributed by atoms with E-state index in [0.717, 1.165) is 11.6 Å². The first-order valence-electron chi connectivity index (χ1n) is 6.84. The maximum atomic E-state index is 13.5. The van der Waals surface area contributed by atoms with Crippen molar-refractivity contribution in [3.05, 3.63) is 65.5 Å². The first-order valence-corrected chi connectivity index (χ1v) is 9.48. The standard InChI is InChI=1S/C16H15FN2O2S2/c17-15-7-3-4-8-16(15)23(20,21)19-9-10-22-12-14-6-2-1-5-13(14)11-18/h1-8,19H,9-10,12H2. The summed E-state index contributed by atoms with van der Waals surface area (Å²) in [6.07, 6.45) is 0. The van der Waals surface area contributed by atoms with E-state index in [1.165, 1.54) is 30.0 Å². The van der Waals surface area contributed by atoms with Crippen molar-refractivity contribution in [3.8, 4) is 6.07 Å². The molecule has 23 heavy (non-hydrogen) atoms. The zero-order valence-electron chi connectivity index (χ0n) is 12.2. The molecular formula is C16H15FN2O2S2. The highest BCUT2D eigenvalue weighted by Gasteiger charge is 2.17. The van der Waals surface area contributed by atoms with Crippen molar-refractivity contribution in [2.75, 3.05) is 12.3 Å². The normalized spacial score (nSPS) is 11.1. The molecule has 7 heteroatoms. The Morgan fingerprint density at radius 1 is 1.13 bits per heavy atom. The number of nitrogens with one attached hydrogen (secondary N) is 1. The Morgan fingerprint density at radius 2 is 1.83 bits per heavy atom. The molecule has 0 spiro atoms. The van der Waals surface area contributed by atoms with Gasteiger partial charge < -0.3 is 0 Å². The highest BCUT2D eigenvalue weighted by molar-refractivity contribution is 7.98. The van der Waals surface area contributed by atoms with Gasteiger partial charge in [-0.3, -0.25) is 0 Å². The van der Waals surface area contributed by atoms with E-state index in [4.69, 9.17) is 5.26 Å². The monoisotopic (exact) mass is 350 g/mol. The van der Waals surface area contributed by atoms with Crippen molar-refractivity contribution < 1.29 is 12.8 Å². The lowest BCUT2D eigenvalue weighted by Gasteiger charge is -2.08. The van der Waals surface area contributed by atoms with Gasteiger partial charge in [0.15, 0.2) is 0 Å². The molecule has 0 radical (unpaired) electrons. The van der Waals surface area contributed by atoms with Crippen LogP contribution >= 0.6 is 11.8 Å². The second-order valence-electron chi connectivity index (χ2n) is 4.65. The first kappa shape index (κ1) is 17.5. The molecule has 0 aliphatic heterocycles. The molecule has 0 amide bonds.